The summed E-state index contributed by atoms with van der Waals surface area (Å²) < 4.78 is 1.72. The van der Waals surface area contributed by atoms with Crippen molar-refractivity contribution in [1.29, 1.82) is 0 Å². The van der Waals surface area contributed by atoms with Gasteiger partial charge in [-0.25, -0.2) is 0 Å². The van der Waals surface area contributed by atoms with Crippen LogP contribution in [0.1, 0.15) is 30.5 Å². The van der Waals surface area contributed by atoms with Crippen LogP contribution >= 0.6 is 11.6 Å². The molecule has 1 aromatic heterocycles. The molecular weight excluding hydrogens is 210 g/mol. The van der Waals surface area contributed by atoms with Crippen molar-refractivity contribution in [2.75, 3.05) is 0 Å². The molecule has 1 unspecified atom stereocenters. The molecule has 4 heteroatoms. The Morgan fingerprint density at radius 2 is 2.27 bits per heavy atom. The van der Waals surface area contributed by atoms with Crippen LogP contribution in [0.25, 0.3) is 0 Å². The van der Waals surface area contributed by atoms with Crippen molar-refractivity contribution >= 4 is 11.6 Å². The van der Waals surface area contributed by atoms with E-state index in [2.05, 4.69) is 5.10 Å². The van der Waals surface area contributed by atoms with E-state index in [9.17, 15) is 0 Å². The van der Waals surface area contributed by atoms with Gasteiger partial charge in [-0.05, 0) is 32.1 Å². The molecule has 0 aromatic carbocycles. The summed E-state index contributed by atoms with van der Waals surface area (Å²) >= 11 is 6.17. The second kappa shape index (κ2) is 4.14. The molecule has 1 fully saturated rings. The summed E-state index contributed by atoms with van der Waals surface area (Å²) in [6, 6.07) is 0.249. The maximum absolute atomic E-state index is 6.17. The smallest absolute Gasteiger partial charge is 0.130 e. The fourth-order valence-corrected chi connectivity index (χ4v) is 2.43. The van der Waals surface area contributed by atoms with Crippen LogP contribution in [0.2, 0.25) is 5.15 Å². The molecule has 1 heterocycles. The summed E-state index contributed by atoms with van der Waals surface area (Å²) in [6.07, 6.45) is 4.75. The molecule has 15 heavy (non-hydrogen) atoms. The SMILES string of the molecule is Cc1nn(C)c(Cl)c1CC(N)C1CCC1. The predicted octanol–water partition coefficient (Wildman–Crippen LogP) is 2.05. The first-order valence-electron chi connectivity index (χ1n) is 5.53. The van der Waals surface area contributed by atoms with Gasteiger partial charge in [0.2, 0.25) is 0 Å². The zero-order valence-corrected chi connectivity index (χ0v) is 10.1. The van der Waals surface area contributed by atoms with Gasteiger partial charge in [-0.15, -0.1) is 0 Å². The summed E-state index contributed by atoms with van der Waals surface area (Å²) in [5, 5.41) is 5.03. The molecule has 0 aliphatic heterocycles. The van der Waals surface area contributed by atoms with E-state index in [1.807, 2.05) is 14.0 Å². The number of hydrogen-bond acceptors (Lipinski definition) is 2. The lowest BCUT2D eigenvalue weighted by molar-refractivity contribution is 0.260. The molecule has 84 valence electrons. The van der Waals surface area contributed by atoms with Gasteiger partial charge in [0, 0.05) is 18.7 Å². The van der Waals surface area contributed by atoms with E-state index in [0.29, 0.717) is 5.92 Å². The van der Waals surface area contributed by atoms with Gasteiger partial charge in [-0.2, -0.15) is 5.10 Å². The molecule has 0 amide bonds. The largest absolute Gasteiger partial charge is 0.327 e. The highest BCUT2D eigenvalue weighted by molar-refractivity contribution is 6.30. The lowest BCUT2D eigenvalue weighted by Crippen LogP contribution is -2.36. The molecule has 0 radical (unpaired) electrons. The molecular formula is C11H18ClN3. The molecule has 0 saturated heterocycles. The minimum absolute atomic E-state index is 0.249. The van der Waals surface area contributed by atoms with Crippen LogP contribution in [0.5, 0.6) is 0 Å². The molecule has 3 nitrogen and oxygen atoms in total. The van der Waals surface area contributed by atoms with Crippen LogP contribution < -0.4 is 5.73 Å². The monoisotopic (exact) mass is 227 g/mol. The summed E-state index contributed by atoms with van der Waals surface area (Å²) in [5.74, 6) is 0.695. The minimum Gasteiger partial charge on any atom is -0.327 e. The van der Waals surface area contributed by atoms with Gasteiger partial charge in [0.15, 0.2) is 0 Å². The average molecular weight is 228 g/mol. The molecule has 2 N–H and O–H groups in total. The Morgan fingerprint density at radius 3 is 2.67 bits per heavy atom. The number of nitrogens with two attached hydrogens (primary N) is 1. The Hall–Kier alpha value is -0.540. The molecule has 0 bridgehead atoms. The number of aryl methyl sites for hydroxylation is 2. The third-order valence-electron chi connectivity index (χ3n) is 3.47. The van der Waals surface area contributed by atoms with Crippen molar-refractivity contribution in [2.45, 2.75) is 38.6 Å². The third-order valence-corrected chi connectivity index (χ3v) is 3.94. The molecule has 1 atom stereocenters. The highest BCUT2D eigenvalue weighted by Gasteiger charge is 2.26. The zero-order chi connectivity index (χ0) is 11.0. The van der Waals surface area contributed by atoms with Crippen molar-refractivity contribution in [3.63, 3.8) is 0 Å². The van der Waals surface area contributed by atoms with Gasteiger partial charge in [-0.3, -0.25) is 4.68 Å². The maximum Gasteiger partial charge on any atom is 0.130 e. The van der Waals surface area contributed by atoms with Crippen molar-refractivity contribution in [2.24, 2.45) is 18.7 Å². The third kappa shape index (κ3) is 2.04. The van der Waals surface area contributed by atoms with Crippen LogP contribution in [0.3, 0.4) is 0 Å². The standard InChI is InChI=1S/C11H18ClN3/c1-7-9(11(12)15(2)14-7)6-10(13)8-4-3-5-8/h8,10H,3-6,13H2,1-2H3. The van der Waals surface area contributed by atoms with Crippen molar-refractivity contribution in [3.8, 4) is 0 Å². The summed E-state index contributed by atoms with van der Waals surface area (Å²) in [4.78, 5) is 0. The van der Waals surface area contributed by atoms with E-state index in [4.69, 9.17) is 17.3 Å². The number of aromatic nitrogens is 2. The fraction of sp³-hybridized carbons (Fsp3) is 0.727. The summed E-state index contributed by atoms with van der Waals surface area (Å²) in [6.45, 7) is 1.99. The van der Waals surface area contributed by atoms with Crippen molar-refractivity contribution < 1.29 is 0 Å². The van der Waals surface area contributed by atoms with Gasteiger partial charge in [0.05, 0.1) is 5.69 Å². The van der Waals surface area contributed by atoms with Crippen LogP contribution in [0.4, 0.5) is 0 Å². The van der Waals surface area contributed by atoms with E-state index >= 15 is 0 Å². The molecule has 0 spiro atoms. The van der Waals surface area contributed by atoms with E-state index in [0.717, 1.165) is 22.8 Å². The van der Waals surface area contributed by atoms with Crippen LogP contribution in [0.15, 0.2) is 0 Å². The first kappa shape index (κ1) is 11.0. The van der Waals surface area contributed by atoms with Gasteiger partial charge in [-0.1, -0.05) is 18.0 Å². The number of hydrogen-bond donors (Lipinski definition) is 1. The molecule has 2 rings (SSSR count). The predicted molar refractivity (Wildman–Crippen MR) is 62.0 cm³/mol. The van der Waals surface area contributed by atoms with Crippen molar-refractivity contribution in [1.82, 2.24) is 9.78 Å². The molecule has 1 aliphatic carbocycles. The van der Waals surface area contributed by atoms with E-state index in [-0.39, 0.29) is 6.04 Å². The second-order valence-electron chi connectivity index (χ2n) is 4.54. The second-order valence-corrected chi connectivity index (χ2v) is 4.90. The Labute approximate surface area is 95.6 Å². The Bertz CT molecular complexity index is 355. The Balaban J connectivity index is 2.09. The first-order chi connectivity index (χ1) is 7.09. The Morgan fingerprint density at radius 1 is 1.60 bits per heavy atom. The zero-order valence-electron chi connectivity index (χ0n) is 9.33. The minimum atomic E-state index is 0.249. The quantitative estimate of drug-likeness (QED) is 0.859. The number of nitrogens with zero attached hydrogens (tertiary/aromatic N) is 2. The van der Waals surface area contributed by atoms with Crippen LogP contribution in [-0.4, -0.2) is 15.8 Å². The topological polar surface area (TPSA) is 43.8 Å². The van der Waals surface area contributed by atoms with E-state index in [1.165, 1.54) is 19.3 Å². The van der Waals surface area contributed by atoms with E-state index in [1.54, 1.807) is 4.68 Å². The lowest BCUT2D eigenvalue weighted by Gasteiger charge is -2.31. The maximum atomic E-state index is 6.17. The highest BCUT2D eigenvalue weighted by atomic mass is 35.5. The highest BCUT2D eigenvalue weighted by Crippen LogP contribution is 2.31. The van der Waals surface area contributed by atoms with E-state index < -0.39 is 0 Å². The molecule has 1 saturated carbocycles. The fourth-order valence-electron chi connectivity index (χ4n) is 2.18. The van der Waals surface area contributed by atoms with Crippen LogP contribution in [0, 0.1) is 12.8 Å². The van der Waals surface area contributed by atoms with Gasteiger partial charge < -0.3 is 5.73 Å². The molecule has 1 aromatic rings. The van der Waals surface area contributed by atoms with Crippen LogP contribution in [-0.2, 0) is 13.5 Å². The average Bonchev–Trinajstić information content (AvgIpc) is 2.29. The summed E-state index contributed by atoms with van der Waals surface area (Å²) in [7, 11) is 1.87. The lowest BCUT2D eigenvalue weighted by atomic mass is 9.78. The van der Waals surface area contributed by atoms with Gasteiger partial charge in [0.25, 0.3) is 0 Å². The van der Waals surface area contributed by atoms with Gasteiger partial charge in [0.1, 0.15) is 5.15 Å². The van der Waals surface area contributed by atoms with Crippen molar-refractivity contribution in [3.05, 3.63) is 16.4 Å². The first-order valence-corrected chi connectivity index (χ1v) is 5.91. The number of rotatable bonds is 3. The number of halogens is 1. The van der Waals surface area contributed by atoms with Gasteiger partial charge >= 0.3 is 0 Å². The summed E-state index contributed by atoms with van der Waals surface area (Å²) in [5.41, 5.74) is 8.30. The Kier molecular flexibility index (Phi) is 3.03. The normalized spacial score (nSPS) is 18.9. The molecule has 1 aliphatic rings.